The predicted molar refractivity (Wildman–Crippen MR) is 56.9 cm³/mol. The van der Waals surface area contributed by atoms with Gasteiger partial charge in [0, 0.05) is 6.07 Å². The molecule has 0 spiro atoms. The van der Waals surface area contributed by atoms with E-state index in [9.17, 15) is 0 Å². The molecular formula is C11H14N2O2. The number of nitriles is 1. The molecule has 0 heterocycles. The third kappa shape index (κ3) is 3.15. The maximum absolute atomic E-state index is 8.70. The van der Waals surface area contributed by atoms with Gasteiger partial charge in [-0.05, 0) is 25.1 Å². The van der Waals surface area contributed by atoms with Gasteiger partial charge in [-0.3, -0.25) is 0 Å². The van der Waals surface area contributed by atoms with Crippen LogP contribution in [0.4, 0.5) is 0 Å². The van der Waals surface area contributed by atoms with E-state index in [1.165, 1.54) is 0 Å². The van der Waals surface area contributed by atoms with E-state index in [1.807, 2.05) is 6.07 Å². The zero-order valence-corrected chi connectivity index (χ0v) is 8.69. The van der Waals surface area contributed by atoms with Crippen molar-refractivity contribution in [2.24, 2.45) is 5.73 Å². The highest BCUT2D eigenvalue weighted by atomic mass is 16.5. The number of nitrogens with two attached hydrogens (primary N) is 1. The Bertz CT molecular complexity index is 358. The second-order valence-electron chi connectivity index (χ2n) is 2.97. The first kappa shape index (κ1) is 11.3. The van der Waals surface area contributed by atoms with Crippen LogP contribution in [-0.4, -0.2) is 20.3 Å². The van der Waals surface area contributed by atoms with Crippen LogP contribution in [0.5, 0.6) is 11.5 Å². The lowest BCUT2D eigenvalue weighted by Crippen LogP contribution is -2.06. The number of hydrogen-bond donors (Lipinski definition) is 1. The molecule has 0 saturated carbocycles. The smallest absolute Gasteiger partial charge is 0.162 e. The third-order valence-corrected chi connectivity index (χ3v) is 1.90. The quantitative estimate of drug-likeness (QED) is 0.737. The molecule has 4 nitrogen and oxygen atoms in total. The Morgan fingerprint density at radius 2 is 2.20 bits per heavy atom. The summed E-state index contributed by atoms with van der Waals surface area (Å²) in [5.74, 6) is 1.22. The topological polar surface area (TPSA) is 68.3 Å². The lowest BCUT2D eigenvalue weighted by molar-refractivity contribution is 0.291. The Balaban J connectivity index is 2.75. The average molecular weight is 206 g/mol. The molecule has 0 atom stereocenters. The van der Waals surface area contributed by atoms with Crippen LogP contribution in [0.15, 0.2) is 18.2 Å². The molecule has 0 aliphatic carbocycles. The summed E-state index contributed by atoms with van der Waals surface area (Å²) in [5, 5.41) is 8.70. The molecule has 0 unspecified atom stereocenters. The fraction of sp³-hybridized carbons (Fsp3) is 0.364. The molecule has 80 valence electrons. The first-order valence-corrected chi connectivity index (χ1v) is 4.73. The van der Waals surface area contributed by atoms with Gasteiger partial charge in [0.1, 0.15) is 0 Å². The van der Waals surface area contributed by atoms with Crippen LogP contribution in [0.2, 0.25) is 0 Å². The van der Waals surface area contributed by atoms with Gasteiger partial charge in [-0.1, -0.05) is 0 Å². The molecule has 0 aromatic heterocycles. The Morgan fingerprint density at radius 1 is 1.40 bits per heavy atom. The first-order valence-electron chi connectivity index (χ1n) is 4.73. The molecule has 15 heavy (non-hydrogen) atoms. The van der Waals surface area contributed by atoms with Crippen LogP contribution in [0.3, 0.4) is 0 Å². The molecule has 0 amide bonds. The molecular weight excluding hydrogens is 192 g/mol. The second-order valence-corrected chi connectivity index (χ2v) is 2.97. The van der Waals surface area contributed by atoms with Gasteiger partial charge in [0.25, 0.3) is 0 Å². The van der Waals surface area contributed by atoms with Gasteiger partial charge >= 0.3 is 0 Å². The minimum atomic E-state index is 0.554. The zero-order valence-electron chi connectivity index (χ0n) is 8.69. The molecule has 0 saturated heterocycles. The molecule has 4 heteroatoms. The molecule has 0 fully saturated rings. The number of methoxy groups -OCH3 is 1. The van der Waals surface area contributed by atoms with Crippen molar-refractivity contribution in [3.05, 3.63) is 23.8 Å². The average Bonchev–Trinajstić information content (AvgIpc) is 2.29. The van der Waals surface area contributed by atoms with Crippen molar-refractivity contribution in [2.45, 2.75) is 6.42 Å². The Hall–Kier alpha value is -1.73. The summed E-state index contributed by atoms with van der Waals surface area (Å²) in [6, 6.07) is 7.12. The largest absolute Gasteiger partial charge is 0.493 e. The van der Waals surface area contributed by atoms with Gasteiger partial charge in [-0.25, -0.2) is 0 Å². The van der Waals surface area contributed by atoms with E-state index >= 15 is 0 Å². The van der Waals surface area contributed by atoms with Gasteiger partial charge in [-0.15, -0.1) is 0 Å². The van der Waals surface area contributed by atoms with Crippen LogP contribution >= 0.6 is 0 Å². The summed E-state index contributed by atoms with van der Waals surface area (Å²) >= 11 is 0. The van der Waals surface area contributed by atoms with Gasteiger partial charge in [-0.2, -0.15) is 5.26 Å². The minimum Gasteiger partial charge on any atom is -0.493 e. The van der Waals surface area contributed by atoms with Gasteiger partial charge in [0.15, 0.2) is 11.5 Å². The third-order valence-electron chi connectivity index (χ3n) is 1.90. The highest BCUT2D eigenvalue weighted by molar-refractivity contribution is 5.46. The second kappa shape index (κ2) is 5.89. The van der Waals surface area contributed by atoms with Gasteiger partial charge in [0.05, 0.1) is 25.3 Å². The van der Waals surface area contributed by atoms with Crippen LogP contribution < -0.4 is 15.2 Å². The van der Waals surface area contributed by atoms with Gasteiger partial charge in [0.2, 0.25) is 0 Å². The summed E-state index contributed by atoms with van der Waals surface area (Å²) in [4.78, 5) is 0. The Labute approximate surface area is 89.2 Å². The molecule has 0 radical (unpaired) electrons. The van der Waals surface area contributed by atoms with Crippen molar-refractivity contribution >= 4 is 0 Å². The van der Waals surface area contributed by atoms with Crippen molar-refractivity contribution in [1.29, 1.82) is 5.26 Å². The zero-order chi connectivity index (χ0) is 11.1. The van der Waals surface area contributed by atoms with Crippen LogP contribution in [0, 0.1) is 11.3 Å². The van der Waals surface area contributed by atoms with Crippen molar-refractivity contribution in [1.82, 2.24) is 0 Å². The summed E-state index contributed by atoms with van der Waals surface area (Å²) in [7, 11) is 1.55. The number of rotatable bonds is 5. The van der Waals surface area contributed by atoms with E-state index in [4.69, 9.17) is 20.5 Å². The summed E-state index contributed by atoms with van der Waals surface area (Å²) in [5.41, 5.74) is 5.91. The number of nitrogens with zero attached hydrogens (tertiary/aromatic N) is 1. The molecule has 1 rings (SSSR count). The summed E-state index contributed by atoms with van der Waals surface area (Å²) < 4.78 is 10.6. The van der Waals surface area contributed by atoms with E-state index in [2.05, 4.69) is 0 Å². The number of benzene rings is 1. The molecule has 0 aliphatic rings. The molecule has 0 aliphatic heterocycles. The van der Waals surface area contributed by atoms with Crippen LogP contribution in [-0.2, 0) is 0 Å². The van der Waals surface area contributed by atoms with E-state index in [-0.39, 0.29) is 0 Å². The van der Waals surface area contributed by atoms with Gasteiger partial charge < -0.3 is 15.2 Å². The Morgan fingerprint density at radius 3 is 2.80 bits per heavy atom. The maximum atomic E-state index is 8.70. The highest BCUT2D eigenvalue weighted by Crippen LogP contribution is 2.27. The lowest BCUT2D eigenvalue weighted by atomic mass is 10.2. The molecule has 1 aromatic rings. The van der Waals surface area contributed by atoms with Crippen molar-refractivity contribution in [2.75, 3.05) is 20.3 Å². The normalized spacial score (nSPS) is 9.40. The fourth-order valence-corrected chi connectivity index (χ4v) is 1.12. The minimum absolute atomic E-state index is 0.554. The van der Waals surface area contributed by atoms with Crippen LogP contribution in [0.1, 0.15) is 12.0 Å². The van der Waals surface area contributed by atoms with E-state index in [0.29, 0.717) is 30.2 Å². The standard InChI is InChI=1S/C11H14N2O2/c1-14-11-7-9(8-13)3-4-10(11)15-6-2-5-12/h3-4,7H,2,5-6,12H2,1H3. The van der Waals surface area contributed by atoms with Crippen LogP contribution in [0.25, 0.3) is 0 Å². The first-order chi connectivity index (χ1) is 7.31. The fourth-order valence-electron chi connectivity index (χ4n) is 1.12. The monoisotopic (exact) mass is 206 g/mol. The number of ether oxygens (including phenoxy) is 2. The van der Waals surface area contributed by atoms with E-state index in [0.717, 1.165) is 6.42 Å². The highest BCUT2D eigenvalue weighted by Gasteiger charge is 2.04. The van der Waals surface area contributed by atoms with Crippen molar-refractivity contribution in [3.8, 4) is 17.6 Å². The molecule has 0 bridgehead atoms. The van der Waals surface area contributed by atoms with E-state index in [1.54, 1.807) is 25.3 Å². The number of hydrogen-bond acceptors (Lipinski definition) is 4. The van der Waals surface area contributed by atoms with E-state index < -0.39 is 0 Å². The predicted octanol–water partition coefficient (Wildman–Crippen LogP) is 1.29. The maximum Gasteiger partial charge on any atom is 0.162 e. The molecule has 2 N–H and O–H groups in total. The SMILES string of the molecule is COc1cc(C#N)ccc1OCCCN. The summed E-state index contributed by atoms with van der Waals surface area (Å²) in [6.45, 7) is 1.15. The lowest BCUT2D eigenvalue weighted by Gasteiger charge is -2.09. The van der Waals surface area contributed by atoms with Crippen molar-refractivity contribution < 1.29 is 9.47 Å². The molecule has 1 aromatic carbocycles. The Kier molecular flexibility index (Phi) is 4.45. The van der Waals surface area contributed by atoms with Crippen molar-refractivity contribution in [3.63, 3.8) is 0 Å². The summed E-state index contributed by atoms with van der Waals surface area (Å²) in [6.07, 6.45) is 0.795.